The van der Waals surface area contributed by atoms with Crippen molar-refractivity contribution in [2.45, 2.75) is 44.6 Å². The Balaban J connectivity index is 2.30. The molecule has 1 atom stereocenters. The van der Waals surface area contributed by atoms with Gasteiger partial charge in [-0.2, -0.15) is 0 Å². The van der Waals surface area contributed by atoms with Gasteiger partial charge in [0.1, 0.15) is 5.75 Å². The summed E-state index contributed by atoms with van der Waals surface area (Å²) in [5, 5.41) is 0. The standard InChI is InChI=1S/C16H23BrN2O/c1-20-13-9-10-15(17)14(11-13)16(19-18)12-7-5-3-2-4-6-8-12/h7,9-11,16,19H,2-6,8,18H2,1H3/b12-7+. The van der Waals surface area contributed by atoms with Crippen molar-refractivity contribution in [2.75, 3.05) is 7.11 Å². The van der Waals surface area contributed by atoms with E-state index in [9.17, 15) is 0 Å². The van der Waals surface area contributed by atoms with Crippen LogP contribution >= 0.6 is 15.9 Å². The van der Waals surface area contributed by atoms with Crippen LogP contribution in [-0.4, -0.2) is 7.11 Å². The number of hydrogen-bond donors (Lipinski definition) is 2. The summed E-state index contributed by atoms with van der Waals surface area (Å²) >= 11 is 3.62. The van der Waals surface area contributed by atoms with E-state index in [1.807, 2.05) is 18.2 Å². The smallest absolute Gasteiger partial charge is 0.119 e. The molecule has 0 aliphatic heterocycles. The van der Waals surface area contributed by atoms with Crippen molar-refractivity contribution >= 4 is 15.9 Å². The predicted molar refractivity (Wildman–Crippen MR) is 86.5 cm³/mol. The van der Waals surface area contributed by atoms with Gasteiger partial charge in [-0.3, -0.25) is 5.84 Å². The van der Waals surface area contributed by atoms with Crippen LogP contribution in [0.3, 0.4) is 0 Å². The zero-order chi connectivity index (χ0) is 14.4. The third-order valence-electron chi connectivity index (χ3n) is 3.88. The van der Waals surface area contributed by atoms with E-state index in [0.29, 0.717) is 0 Å². The molecule has 2 rings (SSSR count). The maximum absolute atomic E-state index is 5.83. The number of hydrogen-bond acceptors (Lipinski definition) is 3. The first kappa shape index (κ1) is 15.5. The number of hydrazine groups is 1. The Kier molecular flexibility index (Phi) is 6.07. The highest BCUT2D eigenvalue weighted by molar-refractivity contribution is 9.10. The van der Waals surface area contributed by atoms with E-state index < -0.39 is 0 Å². The first-order valence-corrected chi connectivity index (χ1v) is 8.04. The predicted octanol–water partition coefficient (Wildman–Crippen LogP) is 4.24. The second-order valence-corrected chi connectivity index (χ2v) is 6.07. The molecule has 1 aliphatic carbocycles. The molecular weight excluding hydrogens is 316 g/mol. The lowest BCUT2D eigenvalue weighted by Crippen LogP contribution is -2.30. The van der Waals surface area contributed by atoms with Gasteiger partial charge in [0.2, 0.25) is 0 Å². The normalized spacial score (nSPS) is 20.4. The number of benzene rings is 1. The molecule has 0 saturated carbocycles. The minimum Gasteiger partial charge on any atom is -0.497 e. The van der Waals surface area contributed by atoms with Crippen molar-refractivity contribution in [2.24, 2.45) is 5.84 Å². The molecule has 110 valence electrons. The van der Waals surface area contributed by atoms with Crippen LogP contribution in [-0.2, 0) is 0 Å². The van der Waals surface area contributed by atoms with E-state index in [2.05, 4.69) is 27.4 Å². The van der Waals surface area contributed by atoms with Gasteiger partial charge in [-0.25, -0.2) is 5.43 Å². The van der Waals surface area contributed by atoms with E-state index in [4.69, 9.17) is 10.6 Å². The van der Waals surface area contributed by atoms with Crippen LogP contribution in [0.25, 0.3) is 0 Å². The van der Waals surface area contributed by atoms with Crippen molar-refractivity contribution in [3.05, 3.63) is 39.9 Å². The lowest BCUT2D eigenvalue weighted by molar-refractivity contribution is 0.413. The highest BCUT2D eigenvalue weighted by atomic mass is 79.9. The highest BCUT2D eigenvalue weighted by Crippen LogP contribution is 2.34. The summed E-state index contributed by atoms with van der Waals surface area (Å²) < 4.78 is 6.39. The molecule has 1 aromatic carbocycles. The summed E-state index contributed by atoms with van der Waals surface area (Å²) in [6.45, 7) is 0. The monoisotopic (exact) mass is 338 g/mol. The van der Waals surface area contributed by atoms with Crippen molar-refractivity contribution in [3.8, 4) is 5.75 Å². The summed E-state index contributed by atoms with van der Waals surface area (Å²) in [4.78, 5) is 0. The maximum Gasteiger partial charge on any atom is 0.119 e. The molecule has 0 spiro atoms. The Hall–Kier alpha value is -0.840. The number of rotatable bonds is 4. The fraction of sp³-hybridized carbons (Fsp3) is 0.500. The van der Waals surface area contributed by atoms with Gasteiger partial charge in [0.05, 0.1) is 13.2 Å². The molecule has 3 nitrogen and oxygen atoms in total. The molecule has 0 bridgehead atoms. The maximum atomic E-state index is 5.83. The van der Waals surface area contributed by atoms with Crippen LogP contribution in [0.15, 0.2) is 34.3 Å². The van der Waals surface area contributed by atoms with E-state index in [0.717, 1.165) is 28.6 Å². The third kappa shape index (κ3) is 3.84. The van der Waals surface area contributed by atoms with E-state index in [1.165, 1.54) is 31.3 Å². The second-order valence-electron chi connectivity index (χ2n) is 5.22. The van der Waals surface area contributed by atoms with Crippen LogP contribution < -0.4 is 16.0 Å². The van der Waals surface area contributed by atoms with Crippen LogP contribution in [0.2, 0.25) is 0 Å². The van der Waals surface area contributed by atoms with Crippen LogP contribution in [0, 0.1) is 0 Å². The molecular formula is C16H23BrN2O. The fourth-order valence-electron chi connectivity index (χ4n) is 2.75. The fourth-order valence-corrected chi connectivity index (χ4v) is 3.22. The van der Waals surface area contributed by atoms with E-state index in [-0.39, 0.29) is 6.04 Å². The first-order valence-electron chi connectivity index (χ1n) is 7.24. The van der Waals surface area contributed by atoms with Crippen LogP contribution in [0.5, 0.6) is 5.75 Å². The number of nitrogens with one attached hydrogen (secondary N) is 1. The molecule has 0 aromatic heterocycles. The second kappa shape index (κ2) is 7.81. The molecule has 3 N–H and O–H groups in total. The molecule has 4 heteroatoms. The number of ether oxygens (including phenoxy) is 1. The van der Waals surface area contributed by atoms with Gasteiger partial charge in [0.25, 0.3) is 0 Å². The minimum atomic E-state index is 0.0533. The third-order valence-corrected chi connectivity index (χ3v) is 4.60. The van der Waals surface area contributed by atoms with E-state index >= 15 is 0 Å². The molecule has 0 saturated heterocycles. The Morgan fingerprint density at radius 2 is 2.05 bits per heavy atom. The van der Waals surface area contributed by atoms with Gasteiger partial charge in [-0.15, -0.1) is 0 Å². The number of allylic oxidation sites excluding steroid dienone is 1. The number of nitrogens with two attached hydrogens (primary N) is 1. The molecule has 1 unspecified atom stereocenters. The zero-order valence-corrected chi connectivity index (χ0v) is 13.6. The molecule has 1 aliphatic rings. The van der Waals surface area contributed by atoms with Crippen molar-refractivity contribution in [1.29, 1.82) is 0 Å². The largest absolute Gasteiger partial charge is 0.497 e. The molecule has 0 heterocycles. The molecule has 0 amide bonds. The summed E-state index contributed by atoms with van der Waals surface area (Å²) in [6.07, 6.45) is 9.79. The van der Waals surface area contributed by atoms with Gasteiger partial charge < -0.3 is 4.74 Å². The molecule has 1 aromatic rings. The Morgan fingerprint density at radius 1 is 1.25 bits per heavy atom. The Bertz CT molecular complexity index is 474. The lowest BCUT2D eigenvalue weighted by Gasteiger charge is -2.23. The van der Waals surface area contributed by atoms with E-state index in [1.54, 1.807) is 7.11 Å². The summed E-state index contributed by atoms with van der Waals surface area (Å²) in [5.74, 6) is 6.69. The zero-order valence-electron chi connectivity index (χ0n) is 12.0. The SMILES string of the molecule is COc1ccc(Br)c(C(NN)/C2=C/CCCCCC2)c1. The number of halogens is 1. The summed E-state index contributed by atoms with van der Waals surface area (Å²) in [7, 11) is 1.69. The number of methoxy groups -OCH3 is 1. The first-order chi connectivity index (χ1) is 9.76. The molecule has 0 radical (unpaired) electrons. The van der Waals surface area contributed by atoms with Crippen LogP contribution in [0.1, 0.15) is 50.1 Å². The van der Waals surface area contributed by atoms with Crippen molar-refractivity contribution in [1.82, 2.24) is 5.43 Å². The van der Waals surface area contributed by atoms with Gasteiger partial charge in [-0.05, 0) is 49.4 Å². The Morgan fingerprint density at radius 3 is 2.80 bits per heavy atom. The molecule has 0 fully saturated rings. The Labute approximate surface area is 129 Å². The van der Waals surface area contributed by atoms with Gasteiger partial charge in [0, 0.05) is 4.47 Å². The topological polar surface area (TPSA) is 47.3 Å². The van der Waals surface area contributed by atoms with Gasteiger partial charge in [-0.1, -0.05) is 40.4 Å². The van der Waals surface area contributed by atoms with Gasteiger partial charge in [0.15, 0.2) is 0 Å². The summed E-state index contributed by atoms with van der Waals surface area (Å²) in [5.41, 5.74) is 5.50. The lowest BCUT2D eigenvalue weighted by atomic mass is 9.91. The quantitative estimate of drug-likeness (QED) is 0.490. The highest BCUT2D eigenvalue weighted by Gasteiger charge is 2.19. The van der Waals surface area contributed by atoms with Crippen molar-refractivity contribution in [3.63, 3.8) is 0 Å². The molecule has 20 heavy (non-hydrogen) atoms. The van der Waals surface area contributed by atoms with Crippen LogP contribution in [0.4, 0.5) is 0 Å². The average Bonchev–Trinajstić information content (AvgIpc) is 2.43. The van der Waals surface area contributed by atoms with Crippen molar-refractivity contribution < 1.29 is 4.74 Å². The minimum absolute atomic E-state index is 0.0533. The van der Waals surface area contributed by atoms with Gasteiger partial charge >= 0.3 is 0 Å². The average molecular weight is 339 g/mol. The summed E-state index contributed by atoms with van der Waals surface area (Å²) in [6, 6.07) is 6.07.